The molecular formula is C30H43N3O2. The third-order valence-electron chi connectivity index (χ3n) is 8.97. The number of aliphatic hydroxyl groups is 2. The molecule has 0 amide bonds. The molecule has 2 heterocycles. The fourth-order valence-corrected chi connectivity index (χ4v) is 6.42. The summed E-state index contributed by atoms with van der Waals surface area (Å²) in [6.45, 7) is 11.4. The van der Waals surface area contributed by atoms with Crippen LogP contribution in [-0.2, 0) is 10.8 Å². The van der Waals surface area contributed by atoms with Crippen LogP contribution in [0.5, 0.6) is 0 Å². The number of piperidine rings is 1. The summed E-state index contributed by atoms with van der Waals surface area (Å²) in [7, 11) is 0. The van der Waals surface area contributed by atoms with Crippen molar-refractivity contribution < 1.29 is 10.2 Å². The molecule has 1 saturated heterocycles. The van der Waals surface area contributed by atoms with Gasteiger partial charge in [0, 0.05) is 30.7 Å². The van der Waals surface area contributed by atoms with Gasteiger partial charge in [0.15, 0.2) is 0 Å². The monoisotopic (exact) mass is 477 g/mol. The van der Waals surface area contributed by atoms with E-state index >= 15 is 0 Å². The molecule has 0 bridgehead atoms. The number of fused-ring (bicyclic) bond motifs is 1. The zero-order valence-corrected chi connectivity index (χ0v) is 21.9. The van der Waals surface area contributed by atoms with Crippen LogP contribution < -0.4 is 10.2 Å². The van der Waals surface area contributed by atoms with Crippen LogP contribution in [0.3, 0.4) is 0 Å². The molecule has 2 aliphatic carbocycles. The van der Waals surface area contributed by atoms with Crippen LogP contribution in [0.1, 0.15) is 83.8 Å². The summed E-state index contributed by atoms with van der Waals surface area (Å²) in [5.41, 5.74) is 5.62. The second kappa shape index (κ2) is 9.49. The van der Waals surface area contributed by atoms with Crippen LogP contribution in [-0.4, -0.2) is 52.6 Å². The highest BCUT2D eigenvalue weighted by atomic mass is 16.3. The van der Waals surface area contributed by atoms with E-state index in [4.69, 9.17) is 4.98 Å². The molecule has 5 heteroatoms. The lowest BCUT2D eigenvalue weighted by Crippen LogP contribution is -2.54. The van der Waals surface area contributed by atoms with Crippen molar-refractivity contribution in [2.24, 2.45) is 0 Å². The zero-order chi connectivity index (χ0) is 24.8. The summed E-state index contributed by atoms with van der Waals surface area (Å²) in [6, 6.07) is 13.8. The molecule has 1 saturated carbocycles. The summed E-state index contributed by atoms with van der Waals surface area (Å²) < 4.78 is 0. The van der Waals surface area contributed by atoms with Crippen LogP contribution in [0.25, 0.3) is 11.3 Å². The molecule has 1 aromatic heterocycles. The summed E-state index contributed by atoms with van der Waals surface area (Å²) in [5.74, 6) is 1.05. The molecular weight excluding hydrogens is 434 g/mol. The van der Waals surface area contributed by atoms with Crippen molar-refractivity contribution in [3.8, 4) is 11.3 Å². The fraction of sp³-hybridized carbons (Fsp3) is 0.633. The van der Waals surface area contributed by atoms with Crippen LogP contribution >= 0.6 is 0 Å². The van der Waals surface area contributed by atoms with E-state index in [0.29, 0.717) is 12.5 Å². The predicted octanol–water partition coefficient (Wildman–Crippen LogP) is 4.93. The number of aliphatic hydroxyl groups excluding tert-OH is 2. The van der Waals surface area contributed by atoms with Gasteiger partial charge in [-0.2, -0.15) is 0 Å². The number of anilines is 1. The maximum absolute atomic E-state index is 10.3. The maximum atomic E-state index is 10.3. The average Bonchev–Trinajstić information content (AvgIpc) is 2.85. The summed E-state index contributed by atoms with van der Waals surface area (Å²) in [4.78, 5) is 7.48. The molecule has 1 aromatic carbocycles. The van der Waals surface area contributed by atoms with Crippen LogP contribution in [0.15, 0.2) is 36.4 Å². The molecule has 35 heavy (non-hydrogen) atoms. The summed E-state index contributed by atoms with van der Waals surface area (Å²) >= 11 is 0. The minimum absolute atomic E-state index is 0.00925. The number of hydrogen-bond acceptors (Lipinski definition) is 5. The van der Waals surface area contributed by atoms with E-state index < -0.39 is 12.2 Å². The summed E-state index contributed by atoms with van der Waals surface area (Å²) in [6.07, 6.45) is 5.87. The lowest BCUT2D eigenvalue weighted by molar-refractivity contribution is -0.0324. The SMILES string of the molecule is CC1(C)CCC(C)(C)c2cc(-c3cccc(N4CCC(NC5CCCC(O)C5O)CC4)n3)ccc21. The van der Waals surface area contributed by atoms with Crippen molar-refractivity contribution in [2.75, 3.05) is 18.0 Å². The van der Waals surface area contributed by atoms with Gasteiger partial charge in [-0.1, -0.05) is 45.9 Å². The third-order valence-corrected chi connectivity index (χ3v) is 8.97. The molecule has 0 spiro atoms. The maximum Gasteiger partial charge on any atom is 0.129 e. The molecule has 2 fully saturated rings. The first-order valence-corrected chi connectivity index (χ1v) is 13.6. The van der Waals surface area contributed by atoms with E-state index in [1.165, 1.54) is 29.5 Å². The molecule has 5 nitrogen and oxygen atoms in total. The molecule has 2 aromatic rings. The molecule has 3 atom stereocenters. The van der Waals surface area contributed by atoms with Crippen molar-refractivity contribution in [3.63, 3.8) is 0 Å². The molecule has 3 unspecified atom stereocenters. The smallest absolute Gasteiger partial charge is 0.129 e. The van der Waals surface area contributed by atoms with Gasteiger partial charge >= 0.3 is 0 Å². The highest BCUT2D eigenvalue weighted by Gasteiger charge is 2.37. The average molecular weight is 478 g/mol. The number of rotatable bonds is 4. The third kappa shape index (κ3) is 5.00. The first-order valence-electron chi connectivity index (χ1n) is 13.6. The van der Waals surface area contributed by atoms with Gasteiger partial charge in [-0.15, -0.1) is 0 Å². The van der Waals surface area contributed by atoms with Gasteiger partial charge in [0.05, 0.1) is 17.9 Å². The van der Waals surface area contributed by atoms with Crippen molar-refractivity contribution in [1.82, 2.24) is 10.3 Å². The number of hydrogen-bond donors (Lipinski definition) is 3. The van der Waals surface area contributed by atoms with Crippen molar-refractivity contribution in [2.45, 2.75) is 108 Å². The second-order valence-corrected chi connectivity index (χ2v) is 12.4. The molecule has 0 radical (unpaired) electrons. The van der Waals surface area contributed by atoms with E-state index in [1.807, 2.05) is 0 Å². The Morgan fingerprint density at radius 3 is 2.34 bits per heavy atom. The normalized spacial score (nSPS) is 28.5. The Labute approximate surface area is 211 Å². The lowest BCUT2D eigenvalue weighted by Gasteiger charge is -2.42. The largest absolute Gasteiger partial charge is 0.390 e. The lowest BCUT2D eigenvalue weighted by atomic mass is 9.63. The summed E-state index contributed by atoms with van der Waals surface area (Å²) in [5, 5.41) is 24.0. The number of nitrogens with zero attached hydrogens (tertiary/aromatic N) is 2. The Morgan fingerprint density at radius 1 is 0.886 bits per heavy atom. The standard InChI is InChI=1S/C30H43N3O2/c1-29(2)15-16-30(3,4)23-19-20(11-12-22(23)29)24-7-6-10-27(32-24)33-17-13-21(14-18-33)31-25-8-5-9-26(34)28(25)35/h6-7,10-12,19,21,25-26,28,31,34-35H,5,8-9,13-18H2,1-4H3. The topological polar surface area (TPSA) is 68.6 Å². The van der Waals surface area contributed by atoms with Gasteiger partial charge in [-0.05, 0) is 85.1 Å². The van der Waals surface area contributed by atoms with E-state index in [9.17, 15) is 10.2 Å². The van der Waals surface area contributed by atoms with Crippen molar-refractivity contribution in [1.29, 1.82) is 0 Å². The first-order chi connectivity index (χ1) is 16.6. The predicted molar refractivity (Wildman–Crippen MR) is 143 cm³/mol. The number of pyridine rings is 1. The second-order valence-electron chi connectivity index (χ2n) is 12.4. The first kappa shape index (κ1) is 24.7. The minimum atomic E-state index is -0.646. The van der Waals surface area contributed by atoms with E-state index in [0.717, 1.165) is 50.3 Å². The highest BCUT2D eigenvalue weighted by Crippen LogP contribution is 2.46. The van der Waals surface area contributed by atoms with E-state index in [2.05, 4.69) is 74.3 Å². The van der Waals surface area contributed by atoms with Crippen LogP contribution in [0, 0.1) is 0 Å². The quantitative estimate of drug-likeness (QED) is 0.583. The van der Waals surface area contributed by atoms with Crippen molar-refractivity contribution >= 4 is 5.82 Å². The van der Waals surface area contributed by atoms with E-state index in [-0.39, 0.29) is 16.9 Å². The van der Waals surface area contributed by atoms with Crippen molar-refractivity contribution in [3.05, 3.63) is 47.5 Å². The van der Waals surface area contributed by atoms with Gasteiger partial charge in [-0.25, -0.2) is 4.98 Å². The molecule has 3 aliphatic rings. The van der Waals surface area contributed by atoms with Crippen LogP contribution in [0.4, 0.5) is 5.82 Å². The highest BCUT2D eigenvalue weighted by molar-refractivity contribution is 5.65. The molecule has 3 N–H and O–H groups in total. The molecule has 1 aliphatic heterocycles. The Balaban J connectivity index is 1.28. The van der Waals surface area contributed by atoms with Gasteiger partial charge in [-0.3, -0.25) is 0 Å². The number of benzene rings is 1. The van der Waals surface area contributed by atoms with Gasteiger partial charge in [0.1, 0.15) is 5.82 Å². The molecule has 5 rings (SSSR count). The molecule has 190 valence electrons. The number of nitrogens with one attached hydrogen (secondary N) is 1. The fourth-order valence-electron chi connectivity index (χ4n) is 6.42. The van der Waals surface area contributed by atoms with Gasteiger partial charge in [0.25, 0.3) is 0 Å². The van der Waals surface area contributed by atoms with E-state index in [1.54, 1.807) is 0 Å². The Hall–Kier alpha value is -1.95. The minimum Gasteiger partial charge on any atom is -0.390 e. The zero-order valence-electron chi connectivity index (χ0n) is 21.9. The number of aromatic nitrogens is 1. The van der Waals surface area contributed by atoms with Gasteiger partial charge in [0.2, 0.25) is 0 Å². The Bertz CT molecular complexity index is 1040. The van der Waals surface area contributed by atoms with Crippen LogP contribution in [0.2, 0.25) is 0 Å². The Morgan fingerprint density at radius 2 is 1.60 bits per heavy atom. The Kier molecular flexibility index (Phi) is 6.71. The van der Waals surface area contributed by atoms with Gasteiger partial charge < -0.3 is 20.4 Å².